The van der Waals surface area contributed by atoms with Gasteiger partial charge in [0.05, 0.1) is 5.37 Å². The fourth-order valence-corrected chi connectivity index (χ4v) is 2.20. The molecular weight excluding hydrogens is 118 g/mol. The van der Waals surface area contributed by atoms with E-state index in [0.717, 1.165) is 5.92 Å². The molecule has 44 valence electrons. The fourth-order valence-electron chi connectivity index (χ4n) is 1.21. The molecule has 0 radical (unpaired) electrons. The van der Waals surface area contributed by atoms with Gasteiger partial charge in [-0.05, 0) is 12.8 Å². The van der Waals surface area contributed by atoms with Crippen LogP contribution in [0.4, 0.5) is 0 Å². The van der Waals surface area contributed by atoms with Gasteiger partial charge < -0.3 is 5.32 Å². The number of hydrogen-bond acceptors (Lipinski definition) is 1. The summed E-state index contributed by atoms with van der Waals surface area (Å²) in [5, 5.41) is 7.50. The Labute approximate surface area is 53.1 Å². The minimum atomic E-state index is 0.708. The van der Waals surface area contributed by atoms with Crippen molar-refractivity contribution in [2.24, 2.45) is 5.92 Å². The Hall–Kier alpha value is -0.0400. The van der Waals surface area contributed by atoms with E-state index in [4.69, 9.17) is 0 Å². The molecule has 0 aromatic carbocycles. The molecule has 2 atom stereocenters. The van der Waals surface area contributed by atoms with Crippen molar-refractivity contribution < 1.29 is 0 Å². The summed E-state index contributed by atoms with van der Waals surface area (Å²) in [5.74, 6) is 0.755. The minimum absolute atomic E-state index is 0.708. The van der Waals surface area contributed by atoms with Crippen molar-refractivity contribution in [3.05, 3.63) is 0 Å². The molecule has 3 rings (SSSR count). The van der Waals surface area contributed by atoms with Crippen LogP contribution in [0.15, 0.2) is 0 Å². The van der Waals surface area contributed by atoms with Crippen LogP contribution in [0.25, 0.3) is 0 Å². The fraction of sp³-hybridized carbons (Fsp3) is 0.833. The van der Waals surface area contributed by atoms with E-state index >= 15 is 0 Å². The summed E-state index contributed by atoms with van der Waals surface area (Å²) >= 11 is 1.85. The van der Waals surface area contributed by atoms with E-state index in [1.54, 1.807) is 0 Å². The summed E-state index contributed by atoms with van der Waals surface area (Å²) in [6, 6.07) is 0. The van der Waals surface area contributed by atoms with Crippen molar-refractivity contribution in [2.75, 3.05) is 6.54 Å². The molecule has 0 saturated carbocycles. The summed E-state index contributed by atoms with van der Waals surface area (Å²) in [4.78, 5) is 0. The Bertz CT molecular complexity index is 132. The van der Waals surface area contributed by atoms with Crippen LogP contribution in [0, 0.1) is 11.1 Å². The molecule has 1 nitrogen and oxygen atoms in total. The molecule has 0 aromatic heterocycles. The molecule has 8 heavy (non-hydrogen) atoms. The number of nitrogens with one attached hydrogen (secondary N) is 1. The van der Waals surface area contributed by atoms with Crippen LogP contribution in [0.1, 0.15) is 12.8 Å². The Morgan fingerprint density at radius 1 is 1.50 bits per heavy atom. The van der Waals surface area contributed by atoms with Gasteiger partial charge in [0.25, 0.3) is 0 Å². The third-order valence-corrected chi connectivity index (χ3v) is 2.90. The Kier molecular flexibility index (Phi) is 1.04. The third kappa shape index (κ3) is 0.655. The third-order valence-electron chi connectivity index (χ3n) is 1.75. The molecule has 0 aromatic rings. The van der Waals surface area contributed by atoms with Crippen LogP contribution < -0.4 is 5.32 Å². The Morgan fingerprint density at radius 2 is 2.50 bits per heavy atom. The van der Waals surface area contributed by atoms with E-state index in [0.29, 0.717) is 5.37 Å². The maximum atomic E-state index is 3.42. The van der Waals surface area contributed by atoms with Crippen molar-refractivity contribution in [3.63, 3.8) is 0 Å². The predicted octanol–water partition coefficient (Wildman–Crippen LogP) is 1.02. The van der Waals surface area contributed by atoms with Crippen LogP contribution in [-0.2, 0) is 0 Å². The van der Waals surface area contributed by atoms with Gasteiger partial charge in [-0.25, -0.2) is 0 Å². The molecule has 2 bridgehead atoms. The maximum absolute atomic E-state index is 3.42. The quantitative estimate of drug-likeness (QED) is 0.512. The van der Waals surface area contributed by atoms with Gasteiger partial charge >= 0.3 is 0 Å². The molecule has 0 spiro atoms. The lowest BCUT2D eigenvalue weighted by Crippen LogP contribution is -2.37. The summed E-state index contributed by atoms with van der Waals surface area (Å²) in [6.07, 6.45) is 2.72. The van der Waals surface area contributed by atoms with Crippen molar-refractivity contribution in [2.45, 2.75) is 18.2 Å². The highest BCUT2D eigenvalue weighted by Gasteiger charge is 2.20. The molecule has 2 heteroatoms. The van der Waals surface area contributed by atoms with Gasteiger partial charge in [-0.15, -0.1) is 11.2 Å². The average Bonchev–Trinajstić information content (AvgIpc) is 1.92. The van der Waals surface area contributed by atoms with Gasteiger partial charge in [0, 0.05) is 12.5 Å². The number of hydrogen-bond donors (Lipinski definition) is 1. The second kappa shape index (κ2) is 1.73. The first kappa shape index (κ1) is 4.80. The average molecular weight is 127 g/mol. The van der Waals surface area contributed by atoms with E-state index in [1.165, 1.54) is 19.4 Å². The molecular formula is C6H9NS. The van der Waals surface area contributed by atoms with Crippen LogP contribution >= 0.6 is 11.2 Å². The summed E-state index contributed by atoms with van der Waals surface area (Å²) < 4.78 is 0. The molecule has 1 fully saturated rings. The van der Waals surface area contributed by atoms with Crippen molar-refractivity contribution in [1.82, 2.24) is 5.32 Å². The second-order valence-electron chi connectivity index (χ2n) is 2.41. The highest BCUT2D eigenvalue weighted by atomic mass is 32.1. The molecule has 1 saturated heterocycles. The van der Waals surface area contributed by atoms with Crippen LogP contribution in [0.5, 0.6) is 0 Å². The normalized spacial score (nSPS) is 42.0. The first-order chi connectivity index (χ1) is 3.95. The Balaban J connectivity index is 2.27. The highest BCUT2D eigenvalue weighted by Crippen LogP contribution is 2.22. The zero-order valence-electron chi connectivity index (χ0n) is 4.68. The predicted molar refractivity (Wildman–Crippen MR) is 36.0 cm³/mol. The zero-order chi connectivity index (χ0) is 5.40. The first-order valence-electron chi connectivity index (χ1n) is 3.10. The topological polar surface area (TPSA) is 12.0 Å². The first-order valence-corrected chi connectivity index (χ1v) is 3.98. The molecule has 3 aliphatic rings. The SMILES string of the molecule is C1#S[C@H]2CCC1CN2. The molecule has 0 aliphatic carbocycles. The lowest BCUT2D eigenvalue weighted by atomic mass is 10.0. The lowest BCUT2D eigenvalue weighted by molar-refractivity contribution is 0.421. The van der Waals surface area contributed by atoms with Crippen LogP contribution in [-0.4, -0.2) is 11.9 Å². The molecule has 3 aliphatic heterocycles. The van der Waals surface area contributed by atoms with E-state index < -0.39 is 0 Å². The number of piperidine rings is 1. The monoisotopic (exact) mass is 127 g/mol. The van der Waals surface area contributed by atoms with Gasteiger partial charge in [-0.1, -0.05) is 5.18 Å². The summed E-state index contributed by atoms with van der Waals surface area (Å²) in [7, 11) is 0. The van der Waals surface area contributed by atoms with E-state index in [9.17, 15) is 0 Å². The standard InChI is InChI=1S/C6H9NS/c1-2-6-7-3-5(1)4-8-6/h5-7H,1-3H2/t5?,6-/m0/s1. The maximum Gasteiger partial charge on any atom is 0.0780 e. The summed E-state index contributed by atoms with van der Waals surface area (Å²) in [5.41, 5.74) is 0. The number of fused-ring (bicyclic) bond motifs is 2. The molecule has 1 unspecified atom stereocenters. The van der Waals surface area contributed by atoms with Gasteiger partial charge in [-0.2, -0.15) is 0 Å². The van der Waals surface area contributed by atoms with Gasteiger partial charge in [0.15, 0.2) is 0 Å². The van der Waals surface area contributed by atoms with Crippen molar-refractivity contribution in [3.8, 4) is 5.18 Å². The highest BCUT2D eigenvalue weighted by molar-refractivity contribution is 7.89. The van der Waals surface area contributed by atoms with Gasteiger partial charge in [-0.3, -0.25) is 0 Å². The number of rotatable bonds is 0. The van der Waals surface area contributed by atoms with Gasteiger partial charge in [0.1, 0.15) is 0 Å². The van der Waals surface area contributed by atoms with Crippen molar-refractivity contribution in [1.29, 1.82) is 0 Å². The van der Waals surface area contributed by atoms with Gasteiger partial charge in [0.2, 0.25) is 0 Å². The largest absolute Gasteiger partial charge is 0.301 e. The lowest BCUT2D eigenvalue weighted by Gasteiger charge is -2.27. The zero-order valence-corrected chi connectivity index (χ0v) is 5.50. The van der Waals surface area contributed by atoms with E-state index in [-0.39, 0.29) is 0 Å². The Morgan fingerprint density at radius 3 is 2.62 bits per heavy atom. The minimum Gasteiger partial charge on any atom is -0.301 e. The van der Waals surface area contributed by atoms with E-state index in [1.807, 2.05) is 11.2 Å². The van der Waals surface area contributed by atoms with E-state index in [2.05, 4.69) is 10.5 Å². The molecule has 1 N–H and O–H groups in total. The molecule has 3 heterocycles. The second-order valence-corrected chi connectivity index (χ2v) is 3.45. The van der Waals surface area contributed by atoms with Crippen molar-refractivity contribution >= 4 is 11.2 Å². The smallest absolute Gasteiger partial charge is 0.0780 e. The molecule has 0 amide bonds. The van der Waals surface area contributed by atoms with Crippen LogP contribution in [0.3, 0.4) is 0 Å². The summed E-state index contributed by atoms with van der Waals surface area (Å²) in [6.45, 7) is 1.18. The van der Waals surface area contributed by atoms with Crippen LogP contribution in [0.2, 0.25) is 0 Å².